The summed E-state index contributed by atoms with van der Waals surface area (Å²) in [5.74, 6) is -0.607. The van der Waals surface area contributed by atoms with Crippen LogP contribution in [0.15, 0.2) is 36.4 Å². The van der Waals surface area contributed by atoms with Gasteiger partial charge in [-0.3, -0.25) is 10.1 Å². The lowest BCUT2D eigenvalue weighted by Gasteiger charge is -2.00. The Kier molecular flexibility index (Phi) is 3.05. The summed E-state index contributed by atoms with van der Waals surface area (Å²) in [6, 6.07) is 9.45. The zero-order valence-electron chi connectivity index (χ0n) is 10.9. The van der Waals surface area contributed by atoms with Crippen molar-refractivity contribution in [3.8, 4) is 0 Å². The molecule has 8 heteroatoms. The van der Waals surface area contributed by atoms with Crippen molar-refractivity contribution in [2.24, 2.45) is 0 Å². The van der Waals surface area contributed by atoms with Crippen LogP contribution >= 0.6 is 23.1 Å². The maximum atomic E-state index is 13.2. The van der Waals surface area contributed by atoms with E-state index in [0.717, 1.165) is 17.2 Å². The number of carbonyl (C=O) groups is 1. The average molecular weight is 330 g/mol. The Morgan fingerprint density at radius 3 is 2.77 bits per heavy atom. The Bertz CT molecular complexity index is 1010. The van der Waals surface area contributed by atoms with Crippen LogP contribution in [-0.4, -0.2) is 19.6 Å². The fourth-order valence-corrected chi connectivity index (χ4v) is 3.45. The van der Waals surface area contributed by atoms with Crippen molar-refractivity contribution in [3.05, 3.63) is 47.8 Å². The van der Waals surface area contributed by atoms with E-state index >= 15 is 0 Å². The van der Waals surface area contributed by atoms with Gasteiger partial charge in [0, 0.05) is 5.56 Å². The average Bonchev–Trinajstić information content (AvgIpc) is 3.11. The van der Waals surface area contributed by atoms with Crippen LogP contribution in [0.1, 0.15) is 10.4 Å². The van der Waals surface area contributed by atoms with E-state index in [2.05, 4.69) is 19.0 Å². The molecule has 0 aliphatic heterocycles. The van der Waals surface area contributed by atoms with Crippen molar-refractivity contribution in [1.29, 1.82) is 0 Å². The van der Waals surface area contributed by atoms with E-state index in [1.165, 1.54) is 23.5 Å². The van der Waals surface area contributed by atoms with Gasteiger partial charge >= 0.3 is 0 Å². The second-order valence-corrected chi connectivity index (χ2v) is 6.11. The van der Waals surface area contributed by atoms with E-state index < -0.39 is 0 Å². The van der Waals surface area contributed by atoms with Gasteiger partial charge in [0.15, 0.2) is 5.13 Å². The van der Waals surface area contributed by atoms with Gasteiger partial charge in [-0.15, -0.1) is 0 Å². The SMILES string of the molecule is O=C(Nc1nc2ccc(F)cc2s1)c1ccc2nsnc2c1. The number of aromatic nitrogens is 3. The number of rotatable bonds is 2. The molecule has 108 valence electrons. The van der Waals surface area contributed by atoms with Gasteiger partial charge in [0.2, 0.25) is 0 Å². The molecule has 2 aromatic heterocycles. The second kappa shape index (κ2) is 5.08. The highest BCUT2D eigenvalue weighted by Gasteiger charge is 2.12. The van der Waals surface area contributed by atoms with Crippen LogP contribution in [0.2, 0.25) is 0 Å². The Morgan fingerprint density at radius 2 is 1.86 bits per heavy atom. The molecule has 0 saturated carbocycles. The molecule has 0 atom stereocenters. The van der Waals surface area contributed by atoms with Crippen molar-refractivity contribution < 1.29 is 9.18 Å². The summed E-state index contributed by atoms with van der Waals surface area (Å²) in [7, 11) is 0. The summed E-state index contributed by atoms with van der Waals surface area (Å²) in [6.45, 7) is 0. The Balaban J connectivity index is 1.64. The molecule has 0 bridgehead atoms. The number of nitrogens with zero attached hydrogens (tertiary/aromatic N) is 3. The molecule has 0 radical (unpaired) electrons. The van der Waals surface area contributed by atoms with Crippen LogP contribution in [0, 0.1) is 5.82 Å². The minimum absolute atomic E-state index is 0.283. The molecule has 4 aromatic rings. The van der Waals surface area contributed by atoms with Crippen LogP contribution in [-0.2, 0) is 0 Å². The molecule has 0 fully saturated rings. The molecule has 2 aromatic carbocycles. The van der Waals surface area contributed by atoms with Crippen molar-refractivity contribution >= 4 is 55.4 Å². The van der Waals surface area contributed by atoms with E-state index in [1.807, 2.05) is 0 Å². The summed E-state index contributed by atoms with van der Waals surface area (Å²) in [4.78, 5) is 16.5. The Labute approximate surface area is 131 Å². The van der Waals surface area contributed by atoms with Gasteiger partial charge in [0.05, 0.1) is 21.9 Å². The maximum Gasteiger partial charge on any atom is 0.257 e. The molecule has 0 unspecified atom stereocenters. The number of fused-ring (bicyclic) bond motifs is 2. The van der Waals surface area contributed by atoms with E-state index in [1.54, 1.807) is 24.3 Å². The smallest absolute Gasteiger partial charge is 0.257 e. The molecule has 1 amide bonds. The number of carbonyl (C=O) groups excluding carboxylic acids is 1. The summed E-state index contributed by atoms with van der Waals surface area (Å²) >= 11 is 2.33. The molecule has 0 aliphatic rings. The van der Waals surface area contributed by atoms with Crippen LogP contribution < -0.4 is 5.32 Å². The standard InChI is InChI=1S/C14H7FN4OS2/c15-8-2-4-10-12(6-8)21-14(16-10)17-13(20)7-1-3-9-11(5-7)19-22-18-9/h1-6H,(H,16,17,20). The molecule has 2 heterocycles. The highest BCUT2D eigenvalue weighted by Crippen LogP contribution is 2.27. The number of nitrogens with one attached hydrogen (secondary N) is 1. The number of benzene rings is 2. The van der Waals surface area contributed by atoms with Crippen molar-refractivity contribution in [1.82, 2.24) is 13.7 Å². The van der Waals surface area contributed by atoms with Gasteiger partial charge in [-0.1, -0.05) is 11.3 Å². The van der Waals surface area contributed by atoms with Crippen molar-refractivity contribution in [3.63, 3.8) is 0 Å². The predicted octanol–water partition coefficient (Wildman–Crippen LogP) is 3.69. The maximum absolute atomic E-state index is 13.2. The first-order valence-electron chi connectivity index (χ1n) is 6.29. The third-order valence-corrected chi connectivity index (χ3v) is 4.58. The van der Waals surface area contributed by atoms with Gasteiger partial charge in [0.1, 0.15) is 16.9 Å². The zero-order valence-corrected chi connectivity index (χ0v) is 12.5. The lowest BCUT2D eigenvalue weighted by atomic mass is 10.2. The van der Waals surface area contributed by atoms with Crippen LogP contribution in [0.5, 0.6) is 0 Å². The largest absolute Gasteiger partial charge is 0.298 e. The lowest BCUT2D eigenvalue weighted by Crippen LogP contribution is -2.11. The normalized spacial score (nSPS) is 11.1. The van der Waals surface area contributed by atoms with Crippen LogP contribution in [0.4, 0.5) is 9.52 Å². The van der Waals surface area contributed by atoms with Crippen molar-refractivity contribution in [2.45, 2.75) is 0 Å². The Morgan fingerprint density at radius 1 is 1.05 bits per heavy atom. The molecular weight excluding hydrogens is 323 g/mol. The number of amides is 1. The van der Waals surface area contributed by atoms with Gasteiger partial charge in [0.25, 0.3) is 5.91 Å². The first-order valence-corrected chi connectivity index (χ1v) is 7.83. The zero-order chi connectivity index (χ0) is 15.1. The minimum atomic E-state index is -0.324. The summed E-state index contributed by atoms with van der Waals surface area (Å²) < 4.78 is 22.1. The number of anilines is 1. The molecule has 0 saturated heterocycles. The monoisotopic (exact) mass is 330 g/mol. The predicted molar refractivity (Wildman–Crippen MR) is 84.9 cm³/mol. The Hall–Kier alpha value is -2.45. The molecular formula is C14H7FN4OS2. The van der Waals surface area contributed by atoms with Crippen LogP contribution in [0.25, 0.3) is 21.3 Å². The summed E-state index contributed by atoms with van der Waals surface area (Å²) in [6.07, 6.45) is 0. The highest BCUT2D eigenvalue weighted by molar-refractivity contribution is 7.22. The minimum Gasteiger partial charge on any atom is -0.298 e. The molecule has 4 rings (SSSR count). The van der Waals surface area contributed by atoms with Gasteiger partial charge in [-0.25, -0.2) is 9.37 Å². The molecule has 0 spiro atoms. The van der Waals surface area contributed by atoms with Gasteiger partial charge in [-0.05, 0) is 36.4 Å². The van der Waals surface area contributed by atoms with Gasteiger partial charge in [-0.2, -0.15) is 8.75 Å². The van der Waals surface area contributed by atoms with E-state index in [4.69, 9.17) is 0 Å². The quantitative estimate of drug-likeness (QED) is 0.608. The van der Waals surface area contributed by atoms with Crippen LogP contribution in [0.3, 0.4) is 0 Å². The van der Waals surface area contributed by atoms with E-state index in [-0.39, 0.29) is 11.7 Å². The topological polar surface area (TPSA) is 67.8 Å². The third kappa shape index (κ3) is 2.32. The third-order valence-electron chi connectivity index (χ3n) is 3.09. The number of hydrogen-bond donors (Lipinski definition) is 1. The summed E-state index contributed by atoms with van der Waals surface area (Å²) in [5, 5.41) is 3.16. The number of thiazole rings is 1. The molecule has 1 N–H and O–H groups in total. The fourth-order valence-electron chi connectivity index (χ4n) is 2.04. The highest BCUT2D eigenvalue weighted by atomic mass is 32.1. The molecule has 5 nitrogen and oxygen atoms in total. The molecule has 22 heavy (non-hydrogen) atoms. The lowest BCUT2D eigenvalue weighted by molar-refractivity contribution is 0.102. The van der Waals surface area contributed by atoms with E-state index in [9.17, 15) is 9.18 Å². The number of halogens is 1. The van der Waals surface area contributed by atoms with Crippen molar-refractivity contribution in [2.75, 3.05) is 5.32 Å². The van der Waals surface area contributed by atoms with E-state index in [0.29, 0.717) is 26.4 Å². The first-order chi connectivity index (χ1) is 10.7. The first kappa shape index (κ1) is 13.2. The van der Waals surface area contributed by atoms with Gasteiger partial charge < -0.3 is 0 Å². The summed E-state index contributed by atoms with van der Waals surface area (Å²) in [5.41, 5.74) is 2.58. The number of hydrogen-bond acceptors (Lipinski definition) is 6. The second-order valence-electron chi connectivity index (χ2n) is 4.55. The fraction of sp³-hybridized carbons (Fsp3) is 0. The molecule has 0 aliphatic carbocycles.